The Hall–Kier alpha value is -2.04. The van der Waals surface area contributed by atoms with E-state index in [4.69, 9.17) is 2.16 Å². The van der Waals surface area contributed by atoms with Gasteiger partial charge in [-0.05, 0) is 0 Å². The second-order valence-electron chi connectivity index (χ2n) is 6.41. The van der Waals surface area contributed by atoms with Crippen LogP contribution in [0.15, 0.2) is 121 Å². The van der Waals surface area contributed by atoms with Crippen molar-refractivity contribution in [3.63, 3.8) is 0 Å². The van der Waals surface area contributed by atoms with Gasteiger partial charge >= 0.3 is 175 Å². The van der Waals surface area contributed by atoms with Gasteiger partial charge in [0.1, 0.15) is 0 Å². The van der Waals surface area contributed by atoms with E-state index in [-0.39, 0.29) is 0 Å². The van der Waals surface area contributed by atoms with Gasteiger partial charge in [-0.1, -0.05) is 0 Å². The molecular formula is C24H20O2SeSn. The Labute approximate surface area is 174 Å². The van der Waals surface area contributed by atoms with Crippen molar-refractivity contribution in [3.8, 4) is 0 Å². The van der Waals surface area contributed by atoms with Crippen molar-refractivity contribution in [1.82, 2.24) is 0 Å². The quantitative estimate of drug-likeness (QED) is 0.353. The third kappa shape index (κ3) is 3.89. The minimum atomic E-state index is -3.94. The van der Waals surface area contributed by atoms with Crippen molar-refractivity contribution in [2.24, 2.45) is 0 Å². The molecule has 0 aliphatic carbocycles. The Kier molecular flexibility index (Phi) is 6.18. The summed E-state index contributed by atoms with van der Waals surface area (Å²) >= 11 is -6.63. The summed E-state index contributed by atoms with van der Waals surface area (Å²) in [5, 5.41) is 0. The average Bonchev–Trinajstić information content (AvgIpc) is 2.80. The third-order valence-electron chi connectivity index (χ3n) is 4.68. The molecule has 2 nitrogen and oxygen atoms in total. The van der Waals surface area contributed by atoms with Crippen molar-refractivity contribution >= 4 is 48.2 Å². The van der Waals surface area contributed by atoms with Crippen LogP contribution in [0, 0.1) is 0 Å². The summed E-state index contributed by atoms with van der Waals surface area (Å²) in [4.78, 5) is 0. The van der Waals surface area contributed by atoms with Gasteiger partial charge in [0.15, 0.2) is 0 Å². The van der Waals surface area contributed by atoms with E-state index in [1.807, 2.05) is 84.9 Å². The molecule has 4 aromatic rings. The van der Waals surface area contributed by atoms with Crippen LogP contribution in [0.1, 0.15) is 0 Å². The molecule has 28 heavy (non-hydrogen) atoms. The van der Waals surface area contributed by atoms with Gasteiger partial charge < -0.3 is 0 Å². The monoisotopic (exact) mass is 540 g/mol. The molecule has 1 unspecified atom stereocenters. The molecule has 1 atom stereocenters. The van der Waals surface area contributed by atoms with Crippen molar-refractivity contribution in [2.45, 2.75) is 0 Å². The summed E-state index contributed by atoms with van der Waals surface area (Å²) in [5.41, 5.74) is 0. The van der Waals surface area contributed by atoms with Crippen LogP contribution in [0.3, 0.4) is 0 Å². The van der Waals surface area contributed by atoms with Crippen LogP contribution in [-0.2, 0) is 5.99 Å². The Morgan fingerprint density at radius 1 is 0.500 bits per heavy atom. The molecule has 4 heteroatoms. The van der Waals surface area contributed by atoms with E-state index in [1.165, 1.54) is 0 Å². The molecule has 0 aliphatic rings. The van der Waals surface area contributed by atoms with Crippen molar-refractivity contribution in [3.05, 3.63) is 121 Å². The summed E-state index contributed by atoms with van der Waals surface area (Å²) in [6.45, 7) is 0. The van der Waals surface area contributed by atoms with Gasteiger partial charge in [0.2, 0.25) is 0 Å². The fourth-order valence-corrected chi connectivity index (χ4v) is 23.0. The Morgan fingerprint density at radius 3 is 1.18 bits per heavy atom. The number of hydrogen-bond acceptors (Lipinski definition) is 2. The molecule has 0 aliphatic heterocycles. The molecular weight excluding hydrogens is 518 g/mol. The number of hydrogen-bond donors (Lipinski definition) is 0. The van der Waals surface area contributed by atoms with E-state index in [1.54, 1.807) is 0 Å². The molecule has 4 rings (SSSR count). The standard InChI is InChI=1S/C6H6O2Se.3C6H5.Sn/c7-9(8)6-4-2-1-3-5-6;3*1-2-4-6-5-3-1;/h1-5H,(H,7,8);3*1-5H;/q;;;;+1/p-1. The van der Waals surface area contributed by atoms with Gasteiger partial charge in [-0.3, -0.25) is 0 Å². The fourth-order valence-electron chi connectivity index (χ4n) is 3.36. The summed E-state index contributed by atoms with van der Waals surface area (Å²) < 4.78 is 24.4. The molecule has 4 aromatic carbocycles. The predicted molar refractivity (Wildman–Crippen MR) is 118 cm³/mol. The van der Waals surface area contributed by atoms with Gasteiger partial charge in [0.05, 0.1) is 0 Å². The van der Waals surface area contributed by atoms with Crippen molar-refractivity contribution in [1.29, 1.82) is 0 Å². The van der Waals surface area contributed by atoms with Crippen molar-refractivity contribution < 1.29 is 5.99 Å². The van der Waals surface area contributed by atoms with Crippen LogP contribution in [0.4, 0.5) is 0 Å². The summed E-state index contributed by atoms with van der Waals surface area (Å²) in [6.07, 6.45) is 0. The first-order valence-corrected chi connectivity index (χ1v) is 16.8. The van der Waals surface area contributed by atoms with Crippen molar-refractivity contribution in [2.75, 3.05) is 0 Å². The molecule has 0 heterocycles. The maximum atomic E-state index is 13.4. The molecule has 138 valence electrons. The first-order chi connectivity index (χ1) is 13.8. The Balaban J connectivity index is 1.95. The van der Waals surface area contributed by atoms with E-state index >= 15 is 0 Å². The molecule has 0 saturated heterocycles. The molecule has 0 aromatic heterocycles. The second-order valence-corrected chi connectivity index (χ2v) is 20.0. The Bertz CT molecular complexity index is 942. The molecule has 0 spiro atoms. The second kappa shape index (κ2) is 8.97. The molecule has 0 fully saturated rings. The summed E-state index contributed by atoms with van der Waals surface area (Å²) in [5.74, 6) is 0. The van der Waals surface area contributed by atoms with Gasteiger partial charge in [-0.25, -0.2) is 0 Å². The topological polar surface area (TPSA) is 26.3 Å². The first kappa shape index (κ1) is 19.3. The van der Waals surface area contributed by atoms with Crippen LogP contribution in [-0.4, -0.2) is 33.0 Å². The predicted octanol–water partition coefficient (Wildman–Crippen LogP) is 2.50. The normalized spacial score (nSPS) is 12.4. The minimum absolute atomic E-state index is 0.784. The van der Waals surface area contributed by atoms with E-state index in [2.05, 4.69) is 36.4 Å². The average molecular weight is 538 g/mol. The van der Waals surface area contributed by atoms with E-state index in [0.717, 1.165) is 15.2 Å². The zero-order valence-electron chi connectivity index (χ0n) is 15.3. The van der Waals surface area contributed by atoms with Gasteiger partial charge in [0.25, 0.3) is 0 Å². The molecule has 0 radical (unpaired) electrons. The number of rotatable bonds is 6. The van der Waals surface area contributed by atoms with E-state index in [9.17, 15) is 3.83 Å². The molecule has 0 amide bonds. The fraction of sp³-hybridized carbons (Fsp3) is 0. The van der Waals surface area contributed by atoms with E-state index in [0.29, 0.717) is 0 Å². The van der Waals surface area contributed by atoms with Gasteiger partial charge in [-0.15, -0.1) is 0 Å². The summed E-state index contributed by atoms with van der Waals surface area (Å²) in [6, 6.07) is 40.6. The zero-order chi connectivity index (χ0) is 19.2. The van der Waals surface area contributed by atoms with Crippen LogP contribution >= 0.6 is 0 Å². The van der Waals surface area contributed by atoms with Crippen LogP contribution < -0.4 is 15.2 Å². The molecule has 0 bridgehead atoms. The first-order valence-electron chi connectivity index (χ1n) is 9.13. The van der Waals surface area contributed by atoms with Gasteiger partial charge in [0, 0.05) is 0 Å². The Morgan fingerprint density at radius 2 is 0.821 bits per heavy atom. The zero-order valence-corrected chi connectivity index (χ0v) is 19.8. The maximum absolute atomic E-state index is 13.4. The SMILES string of the molecule is O=[Se]([O][Sn]([c]1ccccc1)([c]1ccccc1)[c]1ccccc1)c1ccccc1. The van der Waals surface area contributed by atoms with Gasteiger partial charge in [-0.2, -0.15) is 0 Å². The van der Waals surface area contributed by atoms with Crippen LogP contribution in [0.2, 0.25) is 0 Å². The van der Waals surface area contributed by atoms with Crippen LogP contribution in [0.25, 0.3) is 0 Å². The molecule has 0 N–H and O–H groups in total. The third-order valence-corrected chi connectivity index (χ3v) is 22.7. The number of benzene rings is 4. The molecule has 0 saturated carbocycles. The van der Waals surface area contributed by atoms with E-state index < -0.39 is 33.0 Å². The summed E-state index contributed by atoms with van der Waals surface area (Å²) in [7, 11) is 0. The van der Waals surface area contributed by atoms with Crippen LogP contribution in [0.5, 0.6) is 0 Å².